The molecule has 0 aliphatic carbocycles. The molecule has 1 saturated heterocycles. The average Bonchev–Trinajstić information content (AvgIpc) is 2.88. The molecule has 2 heterocycles. The van der Waals surface area contributed by atoms with Crippen LogP contribution in [0, 0.1) is 5.41 Å². The highest BCUT2D eigenvalue weighted by Gasteiger charge is 2.43. The first-order valence-electron chi connectivity index (χ1n) is 11.3. The van der Waals surface area contributed by atoms with Crippen LogP contribution in [0.3, 0.4) is 0 Å². The molecule has 1 aliphatic rings. The summed E-state index contributed by atoms with van der Waals surface area (Å²) >= 11 is 0. The molecule has 170 valence electrons. The third-order valence-corrected chi connectivity index (χ3v) is 6.21. The van der Waals surface area contributed by atoms with Gasteiger partial charge in [-0.25, -0.2) is 0 Å². The molecule has 33 heavy (non-hydrogen) atoms. The summed E-state index contributed by atoms with van der Waals surface area (Å²) in [5.41, 5.74) is 2.48. The van der Waals surface area contributed by atoms with Gasteiger partial charge in [-0.1, -0.05) is 48.5 Å². The number of para-hydroxylation sites is 1. The van der Waals surface area contributed by atoms with Crippen molar-refractivity contribution >= 4 is 11.8 Å². The number of amides is 2. The minimum absolute atomic E-state index is 0.0317. The Labute approximate surface area is 194 Å². The number of nitrogens with zero attached hydrogens (tertiary/aromatic N) is 2. The van der Waals surface area contributed by atoms with E-state index in [4.69, 9.17) is 4.74 Å². The lowest BCUT2D eigenvalue weighted by Crippen LogP contribution is -2.54. The number of rotatable bonds is 7. The lowest BCUT2D eigenvalue weighted by molar-refractivity contribution is -0.142. The standard InChI is InChI=1S/C27H29N3O3/c1-28-26(32)27(17-21-8-5-9-22(16-21)23-10-6-14-29-18-23)13-7-15-30(20-27)25(31)19-33-24-11-3-2-4-12-24/h2-6,8-12,14,16,18H,7,13,15,17,19-20H2,1H3,(H,28,32). The van der Waals surface area contributed by atoms with Crippen LogP contribution in [-0.2, 0) is 16.0 Å². The summed E-state index contributed by atoms with van der Waals surface area (Å²) in [5.74, 6) is 0.527. The van der Waals surface area contributed by atoms with Crippen molar-refractivity contribution in [1.29, 1.82) is 0 Å². The Balaban J connectivity index is 1.51. The van der Waals surface area contributed by atoms with Crippen LogP contribution in [-0.4, -0.2) is 48.4 Å². The van der Waals surface area contributed by atoms with Gasteiger partial charge in [0.2, 0.25) is 5.91 Å². The molecule has 1 N–H and O–H groups in total. The number of likely N-dealkylation sites (tertiary alicyclic amines) is 1. The third-order valence-electron chi connectivity index (χ3n) is 6.21. The van der Waals surface area contributed by atoms with E-state index in [0.717, 1.165) is 29.5 Å². The smallest absolute Gasteiger partial charge is 0.260 e. The number of benzene rings is 2. The fourth-order valence-electron chi connectivity index (χ4n) is 4.56. The summed E-state index contributed by atoms with van der Waals surface area (Å²) < 4.78 is 5.66. The van der Waals surface area contributed by atoms with Crippen molar-refractivity contribution in [2.75, 3.05) is 26.7 Å². The molecule has 0 saturated carbocycles. The van der Waals surface area contributed by atoms with Gasteiger partial charge in [0, 0.05) is 32.5 Å². The second kappa shape index (κ2) is 10.3. The Morgan fingerprint density at radius 3 is 2.64 bits per heavy atom. The van der Waals surface area contributed by atoms with Crippen LogP contribution in [0.5, 0.6) is 5.75 Å². The highest BCUT2D eigenvalue weighted by Crippen LogP contribution is 2.35. The average molecular weight is 444 g/mol. The van der Waals surface area contributed by atoms with Gasteiger partial charge in [-0.2, -0.15) is 0 Å². The molecule has 2 amide bonds. The summed E-state index contributed by atoms with van der Waals surface area (Å²) in [7, 11) is 1.66. The zero-order valence-corrected chi connectivity index (χ0v) is 18.9. The number of piperidine rings is 1. The van der Waals surface area contributed by atoms with Crippen LogP contribution < -0.4 is 10.1 Å². The lowest BCUT2D eigenvalue weighted by atomic mass is 9.74. The predicted molar refractivity (Wildman–Crippen MR) is 128 cm³/mol. The first-order valence-corrected chi connectivity index (χ1v) is 11.3. The molecule has 1 unspecified atom stereocenters. The second-order valence-electron chi connectivity index (χ2n) is 8.50. The Bertz CT molecular complexity index is 1090. The van der Waals surface area contributed by atoms with E-state index in [2.05, 4.69) is 16.4 Å². The first kappa shape index (κ1) is 22.5. The molecule has 6 heteroatoms. The van der Waals surface area contributed by atoms with Crippen molar-refractivity contribution in [3.8, 4) is 16.9 Å². The van der Waals surface area contributed by atoms with E-state index < -0.39 is 5.41 Å². The molecule has 0 radical (unpaired) electrons. The van der Waals surface area contributed by atoms with Crippen molar-refractivity contribution < 1.29 is 14.3 Å². The van der Waals surface area contributed by atoms with Crippen molar-refractivity contribution in [2.24, 2.45) is 5.41 Å². The monoisotopic (exact) mass is 443 g/mol. The Hall–Kier alpha value is -3.67. The van der Waals surface area contributed by atoms with Crippen LogP contribution >= 0.6 is 0 Å². The Morgan fingerprint density at radius 1 is 1.06 bits per heavy atom. The molecule has 4 rings (SSSR count). The maximum Gasteiger partial charge on any atom is 0.260 e. The minimum atomic E-state index is -0.678. The lowest BCUT2D eigenvalue weighted by Gasteiger charge is -2.41. The summed E-state index contributed by atoms with van der Waals surface area (Å²) in [6.45, 7) is 0.969. The van der Waals surface area contributed by atoms with E-state index in [1.54, 1.807) is 18.1 Å². The van der Waals surface area contributed by atoms with Gasteiger partial charge < -0.3 is 15.0 Å². The summed E-state index contributed by atoms with van der Waals surface area (Å²) in [5, 5.41) is 2.84. The number of carbonyl (C=O) groups is 2. The molecule has 6 nitrogen and oxygen atoms in total. The zero-order chi connectivity index (χ0) is 23.1. The van der Waals surface area contributed by atoms with Gasteiger partial charge in [0.05, 0.1) is 5.41 Å². The van der Waals surface area contributed by atoms with E-state index >= 15 is 0 Å². The third kappa shape index (κ3) is 5.40. The van der Waals surface area contributed by atoms with E-state index in [1.807, 2.05) is 66.9 Å². The molecule has 1 atom stereocenters. The SMILES string of the molecule is CNC(=O)C1(Cc2cccc(-c3cccnc3)c2)CCCN(C(=O)COc2ccccc2)C1. The number of hydrogen-bond donors (Lipinski definition) is 1. The van der Waals surface area contributed by atoms with Crippen molar-refractivity contribution in [3.05, 3.63) is 84.7 Å². The quantitative estimate of drug-likeness (QED) is 0.604. The molecule has 1 aromatic heterocycles. The molecular formula is C27H29N3O3. The second-order valence-corrected chi connectivity index (χ2v) is 8.50. The molecule has 0 bridgehead atoms. The van der Waals surface area contributed by atoms with Crippen molar-refractivity contribution in [3.63, 3.8) is 0 Å². The van der Waals surface area contributed by atoms with E-state index in [0.29, 0.717) is 25.3 Å². The van der Waals surface area contributed by atoms with Gasteiger partial charge in [-0.15, -0.1) is 0 Å². The normalized spacial score (nSPS) is 17.9. The number of aromatic nitrogens is 1. The maximum atomic E-state index is 13.1. The van der Waals surface area contributed by atoms with Gasteiger partial charge in [0.15, 0.2) is 6.61 Å². The minimum Gasteiger partial charge on any atom is -0.484 e. The summed E-state index contributed by atoms with van der Waals surface area (Å²) in [4.78, 5) is 32.0. The van der Waals surface area contributed by atoms with Crippen LogP contribution in [0.15, 0.2) is 79.1 Å². The van der Waals surface area contributed by atoms with Gasteiger partial charge in [0.1, 0.15) is 5.75 Å². The largest absolute Gasteiger partial charge is 0.484 e. The van der Waals surface area contributed by atoms with Crippen molar-refractivity contribution in [2.45, 2.75) is 19.3 Å². The van der Waals surface area contributed by atoms with Gasteiger partial charge >= 0.3 is 0 Å². The zero-order valence-electron chi connectivity index (χ0n) is 18.9. The van der Waals surface area contributed by atoms with Crippen LogP contribution in [0.2, 0.25) is 0 Å². The van der Waals surface area contributed by atoms with E-state index in [9.17, 15) is 9.59 Å². The van der Waals surface area contributed by atoms with Crippen LogP contribution in [0.4, 0.5) is 0 Å². The van der Waals surface area contributed by atoms with E-state index in [1.165, 1.54) is 0 Å². The fraction of sp³-hybridized carbons (Fsp3) is 0.296. The topological polar surface area (TPSA) is 71.5 Å². The number of pyridine rings is 1. The Kier molecular flexibility index (Phi) is 7.03. The molecule has 1 aliphatic heterocycles. The van der Waals surface area contributed by atoms with Gasteiger partial charge in [-0.05, 0) is 54.2 Å². The van der Waals surface area contributed by atoms with Crippen LogP contribution in [0.1, 0.15) is 18.4 Å². The molecule has 0 spiro atoms. The Morgan fingerprint density at radius 2 is 1.88 bits per heavy atom. The fourth-order valence-corrected chi connectivity index (χ4v) is 4.56. The number of ether oxygens (including phenoxy) is 1. The highest BCUT2D eigenvalue weighted by molar-refractivity contribution is 5.85. The van der Waals surface area contributed by atoms with Gasteiger partial charge in [-0.3, -0.25) is 14.6 Å². The van der Waals surface area contributed by atoms with Crippen molar-refractivity contribution in [1.82, 2.24) is 15.2 Å². The summed E-state index contributed by atoms with van der Waals surface area (Å²) in [6, 6.07) is 21.4. The molecule has 1 fully saturated rings. The molecule has 3 aromatic rings. The maximum absolute atomic E-state index is 13.1. The van der Waals surface area contributed by atoms with Crippen LogP contribution in [0.25, 0.3) is 11.1 Å². The molecular weight excluding hydrogens is 414 g/mol. The summed E-state index contributed by atoms with van der Waals surface area (Å²) in [6.07, 6.45) is 5.65. The van der Waals surface area contributed by atoms with Gasteiger partial charge in [0.25, 0.3) is 5.91 Å². The first-order chi connectivity index (χ1) is 16.1. The molecule has 2 aromatic carbocycles. The number of hydrogen-bond acceptors (Lipinski definition) is 4. The number of carbonyl (C=O) groups excluding carboxylic acids is 2. The predicted octanol–water partition coefficient (Wildman–Crippen LogP) is 3.72. The van der Waals surface area contributed by atoms with E-state index in [-0.39, 0.29) is 18.4 Å². The number of nitrogens with one attached hydrogen (secondary N) is 1. The highest BCUT2D eigenvalue weighted by atomic mass is 16.5.